The predicted octanol–water partition coefficient (Wildman–Crippen LogP) is 0.637. The molecule has 2 rings (SSSR count). The van der Waals surface area contributed by atoms with Gasteiger partial charge in [0.2, 0.25) is 0 Å². The number of guanidine groups is 1. The molecule has 1 aliphatic rings. The summed E-state index contributed by atoms with van der Waals surface area (Å²) in [7, 11) is 3.93. The maximum atomic E-state index is 5.91. The zero-order chi connectivity index (χ0) is 11.7. The van der Waals surface area contributed by atoms with Crippen LogP contribution < -0.4 is 5.73 Å². The molecule has 88 valence electrons. The maximum absolute atomic E-state index is 5.91. The molecule has 2 N–H and O–H groups in total. The standard InChI is InChI=1S/C11H19N5/c1-8-6-10(16(3)14-8)7-13-11(12)15(2)9-4-5-9/h6,9H,4-5,7H2,1-3H3,(H2,12,13). The Morgan fingerprint density at radius 1 is 1.69 bits per heavy atom. The van der Waals surface area contributed by atoms with Crippen molar-refractivity contribution >= 4 is 5.96 Å². The van der Waals surface area contributed by atoms with Gasteiger partial charge in [-0.3, -0.25) is 4.68 Å². The topological polar surface area (TPSA) is 59.4 Å². The molecule has 1 aromatic rings. The van der Waals surface area contributed by atoms with Gasteiger partial charge in [-0.1, -0.05) is 0 Å². The van der Waals surface area contributed by atoms with Gasteiger partial charge in [-0.05, 0) is 25.8 Å². The lowest BCUT2D eigenvalue weighted by Crippen LogP contribution is -2.35. The highest BCUT2D eigenvalue weighted by Gasteiger charge is 2.27. The number of aliphatic imine (C=N–C) groups is 1. The normalized spacial score (nSPS) is 16.6. The Morgan fingerprint density at radius 2 is 2.38 bits per heavy atom. The van der Waals surface area contributed by atoms with Gasteiger partial charge in [-0.2, -0.15) is 5.10 Å². The summed E-state index contributed by atoms with van der Waals surface area (Å²) in [6.45, 7) is 2.58. The first-order valence-electron chi connectivity index (χ1n) is 5.60. The molecule has 0 atom stereocenters. The Kier molecular flexibility index (Phi) is 2.85. The van der Waals surface area contributed by atoms with Gasteiger partial charge < -0.3 is 10.6 Å². The summed E-state index contributed by atoms with van der Waals surface area (Å²) in [5, 5.41) is 4.27. The van der Waals surface area contributed by atoms with Gasteiger partial charge in [-0.15, -0.1) is 0 Å². The second-order valence-corrected chi connectivity index (χ2v) is 4.42. The van der Waals surface area contributed by atoms with Crippen molar-refractivity contribution < 1.29 is 0 Å². The van der Waals surface area contributed by atoms with Crippen LogP contribution in [0.5, 0.6) is 0 Å². The van der Waals surface area contributed by atoms with E-state index in [9.17, 15) is 0 Å². The van der Waals surface area contributed by atoms with E-state index < -0.39 is 0 Å². The number of rotatable bonds is 3. The fourth-order valence-electron chi connectivity index (χ4n) is 1.73. The van der Waals surface area contributed by atoms with Crippen LogP contribution in [-0.4, -0.2) is 33.7 Å². The van der Waals surface area contributed by atoms with E-state index in [2.05, 4.69) is 15.0 Å². The van der Waals surface area contributed by atoms with Crippen LogP contribution in [0.25, 0.3) is 0 Å². The number of hydrogen-bond acceptors (Lipinski definition) is 2. The third kappa shape index (κ3) is 2.35. The van der Waals surface area contributed by atoms with Gasteiger partial charge in [0.1, 0.15) is 0 Å². The molecule has 1 heterocycles. The fraction of sp³-hybridized carbons (Fsp3) is 0.636. The van der Waals surface area contributed by atoms with E-state index in [0.29, 0.717) is 18.5 Å². The van der Waals surface area contributed by atoms with Crippen LogP contribution in [0.4, 0.5) is 0 Å². The Bertz CT molecular complexity index is 403. The molecule has 1 fully saturated rings. The van der Waals surface area contributed by atoms with Crippen molar-refractivity contribution in [1.82, 2.24) is 14.7 Å². The lowest BCUT2D eigenvalue weighted by atomic mass is 10.4. The molecule has 1 saturated carbocycles. The zero-order valence-electron chi connectivity index (χ0n) is 10.1. The van der Waals surface area contributed by atoms with Crippen molar-refractivity contribution in [2.24, 2.45) is 17.8 Å². The molecular formula is C11H19N5. The van der Waals surface area contributed by atoms with Crippen LogP contribution in [0, 0.1) is 6.92 Å². The van der Waals surface area contributed by atoms with Crippen LogP contribution in [0.2, 0.25) is 0 Å². The number of nitrogens with zero attached hydrogens (tertiary/aromatic N) is 4. The first-order chi connectivity index (χ1) is 7.58. The second kappa shape index (κ2) is 4.15. The van der Waals surface area contributed by atoms with Crippen molar-refractivity contribution in [1.29, 1.82) is 0 Å². The average Bonchev–Trinajstić information content (AvgIpc) is 3.01. The summed E-state index contributed by atoms with van der Waals surface area (Å²) in [4.78, 5) is 6.45. The van der Waals surface area contributed by atoms with Gasteiger partial charge in [0, 0.05) is 20.1 Å². The van der Waals surface area contributed by atoms with Crippen LogP contribution in [0.3, 0.4) is 0 Å². The highest BCUT2D eigenvalue weighted by Crippen LogP contribution is 2.24. The summed E-state index contributed by atoms with van der Waals surface area (Å²) in [5.74, 6) is 0.626. The molecule has 0 spiro atoms. The minimum Gasteiger partial charge on any atom is -0.370 e. The van der Waals surface area contributed by atoms with Crippen molar-refractivity contribution in [2.75, 3.05) is 7.05 Å². The fourth-order valence-corrected chi connectivity index (χ4v) is 1.73. The summed E-state index contributed by atoms with van der Waals surface area (Å²) in [6.07, 6.45) is 2.47. The van der Waals surface area contributed by atoms with E-state index in [4.69, 9.17) is 5.73 Å². The first kappa shape index (κ1) is 11.0. The summed E-state index contributed by atoms with van der Waals surface area (Å²) >= 11 is 0. The Hall–Kier alpha value is -1.52. The summed E-state index contributed by atoms with van der Waals surface area (Å²) in [5.41, 5.74) is 8.01. The molecule has 0 aromatic carbocycles. The van der Waals surface area contributed by atoms with Gasteiger partial charge >= 0.3 is 0 Å². The minimum absolute atomic E-state index is 0.597. The number of aromatic nitrogens is 2. The van der Waals surface area contributed by atoms with Crippen molar-refractivity contribution in [2.45, 2.75) is 32.4 Å². The van der Waals surface area contributed by atoms with Crippen LogP contribution in [0.15, 0.2) is 11.1 Å². The largest absolute Gasteiger partial charge is 0.370 e. The third-order valence-corrected chi connectivity index (χ3v) is 2.96. The maximum Gasteiger partial charge on any atom is 0.191 e. The molecule has 0 aliphatic heterocycles. The molecule has 0 amide bonds. The number of aryl methyl sites for hydroxylation is 2. The highest BCUT2D eigenvalue weighted by atomic mass is 15.3. The molecule has 0 radical (unpaired) electrons. The predicted molar refractivity (Wildman–Crippen MR) is 64.1 cm³/mol. The quantitative estimate of drug-likeness (QED) is 0.602. The van der Waals surface area contributed by atoms with Gasteiger partial charge in [0.15, 0.2) is 5.96 Å². The molecule has 16 heavy (non-hydrogen) atoms. The second-order valence-electron chi connectivity index (χ2n) is 4.42. The lowest BCUT2D eigenvalue weighted by molar-refractivity contribution is 0.486. The summed E-state index contributed by atoms with van der Waals surface area (Å²) < 4.78 is 1.85. The van der Waals surface area contributed by atoms with Crippen LogP contribution in [0.1, 0.15) is 24.2 Å². The van der Waals surface area contributed by atoms with E-state index in [1.807, 2.05) is 31.8 Å². The molecule has 5 nitrogen and oxygen atoms in total. The molecule has 0 unspecified atom stereocenters. The van der Waals surface area contributed by atoms with Gasteiger partial charge in [0.05, 0.1) is 17.9 Å². The van der Waals surface area contributed by atoms with E-state index in [-0.39, 0.29) is 0 Å². The average molecular weight is 221 g/mol. The van der Waals surface area contributed by atoms with Crippen LogP contribution >= 0.6 is 0 Å². The minimum atomic E-state index is 0.597. The monoisotopic (exact) mass is 221 g/mol. The SMILES string of the molecule is Cc1cc(CN=C(N)N(C)C2CC2)n(C)n1. The van der Waals surface area contributed by atoms with Gasteiger partial charge in [-0.25, -0.2) is 4.99 Å². The van der Waals surface area contributed by atoms with Crippen molar-refractivity contribution in [3.05, 3.63) is 17.5 Å². The third-order valence-electron chi connectivity index (χ3n) is 2.96. The summed E-state index contributed by atoms with van der Waals surface area (Å²) in [6, 6.07) is 2.64. The molecule has 5 heteroatoms. The van der Waals surface area contributed by atoms with E-state index in [0.717, 1.165) is 11.4 Å². The smallest absolute Gasteiger partial charge is 0.191 e. The Morgan fingerprint density at radius 3 is 2.88 bits per heavy atom. The van der Waals surface area contributed by atoms with E-state index in [1.54, 1.807) is 0 Å². The number of hydrogen-bond donors (Lipinski definition) is 1. The Balaban J connectivity index is 1.99. The van der Waals surface area contributed by atoms with E-state index in [1.165, 1.54) is 12.8 Å². The molecule has 1 aromatic heterocycles. The van der Waals surface area contributed by atoms with Crippen LogP contribution in [-0.2, 0) is 13.6 Å². The molecule has 1 aliphatic carbocycles. The zero-order valence-corrected chi connectivity index (χ0v) is 10.1. The molecule has 0 saturated heterocycles. The highest BCUT2D eigenvalue weighted by molar-refractivity contribution is 5.78. The van der Waals surface area contributed by atoms with Crippen molar-refractivity contribution in [3.8, 4) is 0 Å². The lowest BCUT2D eigenvalue weighted by Gasteiger charge is -2.16. The van der Waals surface area contributed by atoms with Gasteiger partial charge in [0.25, 0.3) is 0 Å². The van der Waals surface area contributed by atoms with E-state index >= 15 is 0 Å². The number of nitrogens with two attached hydrogens (primary N) is 1. The molecular weight excluding hydrogens is 202 g/mol. The van der Waals surface area contributed by atoms with Crippen molar-refractivity contribution in [3.63, 3.8) is 0 Å². The Labute approximate surface area is 95.9 Å². The molecule has 0 bridgehead atoms. The first-order valence-corrected chi connectivity index (χ1v) is 5.60.